The van der Waals surface area contributed by atoms with Crippen molar-refractivity contribution in [3.05, 3.63) is 30.1 Å². The highest BCUT2D eigenvalue weighted by atomic mass is 32.2. The maximum absolute atomic E-state index is 12.8. The van der Waals surface area contributed by atoms with Gasteiger partial charge in [0.05, 0.1) is 11.5 Å². The van der Waals surface area contributed by atoms with Crippen LogP contribution >= 0.6 is 0 Å². The summed E-state index contributed by atoms with van der Waals surface area (Å²) >= 11 is 0. The number of rotatable bonds is 6. The van der Waals surface area contributed by atoms with Crippen LogP contribution in [0.1, 0.15) is 6.92 Å². The average Bonchev–Trinajstić information content (AvgIpc) is 2.38. The number of ether oxygens (including phenoxy) is 1. The number of benzene rings is 1. The van der Waals surface area contributed by atoms with Crippen LogP contribution in [-0.4, -0.2) is 39.8 Å². The number of amides is 1. The van der Waals surface area contributed by atoms with Gasteiger partial charge in [0.2, 0.25) is 5.91 Å². The van der Waals surface area contributed by atoms with Gasteiger partial charge in [0, 0.05) is 13.7 Å². The summed E-state index contributed by atoms with van der Waals surface area (Å²) in [5.41, 5.74) is 0. The molecule has 0 saturated heterocycles. The Hall–Kier alpha value is -1.47. The number of halogens is 1. The Morgan fingerprint density at radius 3 is 2.47 bits per heavy atom. The molecule has 0 aliphatic heterocycles. The largest absolute Gasteiger partial charge is 0.383 e. The summed E-state index contributed by atoms with van der Waals surface area (Å²) in [4.78, 5) is 11.6. The lowest BCUT2D eigenvalue weighted by Crippen LogP contribution is -2.39. The third kappa shape index (κ3) is 4.00. The second kappa shape index (κ2) is 6.63. The molecular weight excluding hydrogens is 273 g/mol. The summed E-state index contributed by atoms with van der Waals surface area (Å²) in [6.07, 6.45) is 0. The second-order valence-electron chi connectivity index (χ2n) is 3.92. The lowest BCUT2D eigenvalue weighted by Gasteiger charge is -2.13. The van der Waals surface area contributed by atoms with Crippen LogP contribution in [0.3, 0.4) is 0 Å². The van der Waals surface area contributed by atoms with Gasteiger partial charge in [-0.15, -0.1) is 0 Å². The topological polar surface area (TPSA) is 72.5 Å². The van der Waals surface area contributed by atoms with Crippen molar-refractivity contribution in [3.63, 3.8) is 0 Å². The average molecular weight is 289 g/mol. The Morgan fingerprint density at radius 1 is 1.37 bits per heavy atom. The van der Waals surface area contributed by atoms with Gasteiger partial charge in [-0.25, -0.2) is 12.8 Å². The summed E-state index contributed by atoms with van der Waals surface area (Å²) < 4.78 is 41.7. The van der Waals surface area contributed by atoms with Gasteiger partial charge in [-0.3, -0.25) is 4.79 Å². The predicted molar refractivity (Wildman–Crippen MR) is 67.9 cm³/mol. The molecule has 106 valence electrons. The number of methoxy groups -OCH3 is 1. The van der Waals surface area contributed by atoms with E-state index in [-0.39, 0.29) is 11.4 Å². The minimum Gasteiger partial charge on any atom is -0.383 e. The van der Waals surface area contributed by atoms with Crippen LogP contribution in [0.15, 0.2) is 29.2 Å². The predicted octanol–water partition coefficient (Wildman–Crippen LogP) is 0.750. The minimum atomic E-state index is -3.81. The van der Waals surface area contributed by atoms with Crippen molar-refractivity contribution in [2.24, 2.45) is 0 Å². The van der Waals surface area contributed by atoms with E-state index in [0.29, 0.717) is 6.61 Å². The zero-order chi connectivity index (χ0) is 14.5. The van der Waals surface area contributed by atoms with Crippen molar-refractivity contribution in [1.29, 1.82) is 0 Å². The molecule has 0 aliphatic carbocycles. The molecule has 0 bridgehead atoms. The van der Waals surface area contributed by atoms with Crippen molar-refractivity contribution < 1.29 is 22.3 Å². The summed E-state index contributed by atoms with van der Waals surface area (Å²) in [6, 6.07) is 4.37. The van der Waals surface area contributed by atoms with Gasteiger partial charge in [0.1, 0.15) is 11.1 Å². The molecular formula is C12H16FNO4S. The van der Waals surface area contributed by atoms with Gasteiger partial charge in [-0.05, 0) is 31.2 Å². The van der Waals surface area contributed by atoms with E-state index in [4.69, 9.17) is 4.74 Å². The van der Waals surface area contributed by atoms with E-state index in [1.54, 1.807) is 0 Å². The molecule has 5 nitrogen and oxygen atoms in total. The molecule has 0 aliphatic rings. The highest BCUT2D eigenvalue weighted by Gasteiger charge is 2.29. The lowest BCUT2D eigenvalue weighted by atomic mass is 10.3. The summed E-state index contributed by atoms with van der Waals surface area (Å²) in [6.45, 7) is 1.83. The third-order valence-corrected chi connectivity index (χ3v) is 4.66. The number of sulfone groups is 1. The quantitative estimate of drug-likeness (QED) is 0.619. The van der Waals surface area contributed by atoms with Gasteiger partial charge in [-0.1, -0.05) is 0 Å². The van der Waals surface area contributed by atoms with Crippen molar-refractivity contribution in [3.8, 4) is 0 Å². The Balaban J connectivity index is 2.82. The van der Waals surface area contributed by atoms with E-state index >= 15 is 0 Å². The van der Waals surface area contributed by atoms with E-state index < -0.39 is 26.8 Å². The van der Waals surface area contributed by atoms with E-state index in [1.165, 1.54) is 14.0 Å². The molecule has 1 aromatic carbocycles. The first-order valence-electron chi connectivity index (χ1n) is 5.65. The maximum Gasteiger partial charge on any atom is 0.238 e. The molecule has 7 heteroatoms. The third-order valence-electron chi connectivity index (χ3n) is 2.58. The monoisotopic (exact) mass is 289 g/mol. The fourth-order valence-electron chi connectivity index (χ4n) is 1.39. The zero-order valence-electron chi connectivity index (χ0n) is 10.7. The van der Waals surface area contributed by atoms with Crippen molar-refractivity contribution in [2.45, 2.75) is 17.1 Å². The molecule has 19 heavy (non-hydrogen) atoms. The molecule has 1 amide bonds. The molecule has 1 atom stereocenters. The Kier molecular flexibility index (Phi) is 5.44. The molecule has 1 rings (SSSR count). The van der Waals surface area contributed by atoms with E-state index in [9.17, 15) is 17.6 Å². The maximum atomic E-state index is 12.8. The normalized spacial score (nSPS) is 13.0. The minimum absolute atomic E-state index is 0.0803. The van der Waals surface area contributed by atoms with Crippen LogP contribution in [-0.2, 0) is 19.4 Å². The number of nitrogens with one attached hydrogen (secondary N) is 1. The van der Waals surface area contributed by atoms with Crippen LogP contribution in [0.4, 0.5) is 4.39 Å². The van der Waals surface area contributed by atoms with E-state index in [1.807, 2.05) is 0 Å². The highest BCUT2D eigenvalue weighted by molar-refractivity contribution is 7.92. The van der Waals surface area contributed by atoms with Crippen LogP contribution < -0.4 is 5.32 Å². The first-order valence-corrected chi connectivity index (χ1v) is 7.20. The van der Waals surface area contributed by atoms with Gasteiger partial charge in [0.15, 0.2) is 9.84 Å². The molecule has 1 aromatic rings. The summed E-state index contributed by atoms with van der Waals surface area (Å²) in [5.74, 6) is -1.14. The van der Waals surface area contributed by atoms with E-state index in [0.717, 1.165) is 24.3 Å². The highest BCUT2D eigenvalue weighted by Crippen LogP contribution is 2.16. The Morgan fingerprint density at radius 2 is 1.95 bits per heavy atom. The lowest BCUT2D eigenvalue weighted by molar-refractivity contribution is -0.120. The molecule has 0 saturated carbocycles. The Bertz CT molecular complexity index is 527. The molecule has 0 unspecified atom stereocenters. The molecule has 0 aromatic heterocycles. The fourth-order valence-corrected chi connectivity index (χ4v) is 2.68. The SMILES string of the molecule is COCCNC(=O)[C@H](C)S(=O)(=O)c1ccc(F)cc1. The number of hydrogen-bond acceptors (Lipinski definition) is 4. The molecule has 1 N–H and O–H groups in total. The summed E-state index contributed by atoms with van der Waals surface area (Å²) in [7, 11) is -2.33. The van der Waals surface area contributed by atoms with Crippen molar-refractivity contribution in [2.75, 3.05) is 20.3 Å². The van der Waals surface area contributed by atoms with Crippen LogP contribution in [0, 0.1) is 5.82 Å². The molecule has 0 heterocycles. The number of carbonyl (C=O) groups is 1. The van der Waals surface area contributed by atoms with Gasteiger partial charge in [0.25, 0.3) is 0 Å². The van der Waals surface area contributed by atoms with Gasteiger partial charge >= 0.3 is 0 Å². The molecule has 0 fully saturated rings. The zero-order valence-corrected chi connectivity index (χ0v) is 11.5. The van der Waals surface area contributed by atoms with Crippen LogP contribution in [0.2, 0.25) is 0 Å². The molecule has 0 spiro atoms. The number of hydrogen-bond donors (Lipinski definition) is 1. The van der Waals surface area contributed by atoms with Crippen LogP contribution in [0.25, 0.3) is 0 Å². The fraction of sp³-hybridized carbons (Fsp3) is 0.417. The van der Waals surface area contributed by atoms with Crippen LogP contribution in [0.5, 0.6) is 0 Å². The molecule has 0 radical (unpaired) electrons. The second-order valence-corrected chi connectivity index (χ2v) is 6.19. The standard InChI is InChI=1S/C12H16FNO4S/c1-9(12(15)14-7-8-18-2)19(16,17)11-5-3-10(13)4-6-11/h3-6,9H,7-8H2,1-2H3,(H,14,15)/t9-/m0/s1. The Labute approximate surface area is 111 Å². The smallest absolute Gasteiger partial charge is 0.238 e. The summed E-state index contributed by atoms with van der Waals surface area (Å²) in [5, 5.41) is 1.21. The van der Waals surface area contributed by atoms with Crippen molar-refractivity contribution >= 4 is 15.7 Å². The first-order chi connectivity index (χ1) is 8.89. The van der Waals surface area contributed by atoms with Gasteiger partial charge in [-0.2, -0.15) is 0 Å². The van der Waals surface area contributed by atoms with Crippen molar-refractivity contribution in [1.82, 2.24) is 5.32 Å². The first kappa shape index (κ1) is 15.6. The van der Waals surface area contributed by atoms with E-state index in [2.05, 4.69) is 5.32 Å². The number of carbonyl (C=O) groups excluding carboxylic acids is 1. The van der Waals surface area contributed by atoms with Gasteiger partial charge < -0.3 is 10.1 Å².